The topological polar surface area (TPSA) is 56.6 Å². The van der Waals surface area contributed by atoms with Crippen LogP contribution in [0, 0.1) is 11.3 Å². The monoisotopic (exact) mass is 251 g/mol. The van der Waals surface area contributed by atoms with E-state index in [4.69, 9.17) is 10.00 Å². The zero-order valence-electron chi connectivity index (χ0n) is 11.6. The molecule has 1 rings (SSSR count). The Labute approximate surface area is 109 Å². The summed E-state index contributed by atoms with van der Waals surface area (Å²) in [4.78, 5) is 15.6. The minimum atomic E-state index is -0.454. The zero-order valence-corrected chi connectivity index (χ0v) is 11.6. The second-order valence-corrected chi connectivity index (χ2v) is 5.37. The molecule has 0 aromatic rings. The third-order valence-electron chi connectivity index (χ3n) is 2.70. The Morgan fingerprint density at radius 2 is 1.72 bits per heavy atom. The van der Waals surface area contributed by atoms with Gasteiger partial charge in [-0.25, -0.2) is 4.79 Å². The molecule has 100 valence electrons. The number of ether oxygens (including phenoxy) is 1. The number of hydrogen-bond acceptors (Lipinski definition) is 4. The first-order valence-corrected chi connectivity index (χ1v) is 6.13. The van der Waals surface area contributed by atoms with Crippen molar-refractivity contribution >= 4 is 6.09 Å². The van der Waals surface area contributed by atoms with Crippen molar-refractivity contribution in [3.8, 4) is 6.07 Å². The molecule has 0 aliphatic carbocycles. The first-order valence-electron chi connectivity index (χ1n) is 6.13. The van der Waals surface area contributed by atoms with Gasteiger partial charge in [0, 0.05) is 38.0 Å². The van der Waals surface area contributed by atoms with Crippen LogP contribution in [0.5, 0.6) is 0 Å². The molecule has 0 bridgehead atoms. The third-order valence-corrected chi connectivity index (χ3v) is 2.70. The zero-order chi connectivity index (χ0) is 13.8. The maximum absolute atomic E-state index is 11.8. The van der Waals surface area contributed by atoms with Crippen molar-refractivity contribution < 1.29 is 9.53 Å². The van der Waals surface area contributed by atoms with Crippen molar-refractivity contribution in [2.45, 2.75) is 33.3 Å². The predicted octanol–water partition coefficient (Wildman–Crippen LogP) is 1.97. The number of hydrogen-bond donors (Lipinski definition) is 0. The summed E-state index contributed by atoms with van der Waals surface area (Å²) < 4.78 is 5.32. The first-order chi connectivity index (χ1) is 8.33. The summed E-state index contributed by atoms with van der Waals surface area (Å²) in [5, 5.41) is 8.60. The average Bonchev–Trinajstić information content (AvgIpc) is 2.27. The van der Waals surface area contributed by atoms with E-state index in [0.717, 1.165) is 18.8 Å². The highest BCUT2D eigenvalue weighted by atomic mass is 16.6. The lowest BCUT2D eigenvalue weighted by Crippen LogP contribution is -2.49. The molecule has 0 aromatic heterocycles. The molecular formula is C13H21N3O2. The fourth-order valence-electron chi connectivity index (χ4n) is 1.75. The predicted molar refractivity (Wildman–Crippen MR) is 68.8 cm³/mol. The highest BCUT2D eigenvalue weighted by molar-refractivity contribution is 5.68. The minimum Gasteiger partial charge on any atom is -0.444 e. The maximum atomic E-state index is 11.8. The summed E-state index contributed by atoms with van der Waals surface area (Å²) in [7, 11) is 0. The third kappa shape index (κ3) is 4.28. The van der Waals surface area contributed by atoms with Crippen molar-refractivity contribution in [3.63, 3.8) is 0 Å². The van der Waals surface area contributed by atoms with Gasteiger partial charge in [-0.05, 0) is 27.7 Å². The number of nitrogens with zero attached hydrogens (tertiary/aromatic N) is 3. The smallest absolute Gasteiger partial charge is 0.410 e. The summed E-state index contributed by atoms with van der Waals surface area (Å²) in [6.45, 7) is 10.2. The SMILES string of the molecule is C/C(=C/C#N)N1CCN(C(=O)OC(C)(C)C)CC1. The van der Waals surface area contributed by atoms with Gasteiger partial charge in [0.2, 0.25) is 0 Å². The molecule has 5 heteroatoms. The van der Waals surface area contributed by atoms with E-state index in [1.54, 1.807) is 4.90 Å². The second-order valence-electron chi connectivity index (χ2n) is 5.37. The molecule has 1 aliphatic rings. The van der Waals surface area contributed by atoms with Crippen molar-refractivity contribution in [1.29, 1.82) is 5.26 Å². The highest BCUT2D eigenvalue weighted by Gasteiger charge is 2.25. The van der Waals surface area contributed by atoms with E-state index in [-0.39, 0.29) is 6.09 Å². The van der Waals surface area contributed by atoms with Crippen LogP contribution in [0.4, 0.5) is 4.79 Å². The molecule has 5 nitrogen and oxygen atoms in total. The lowest BCUT2D eigenvalue weighted by molar-refractivity contribution is 0.0169. The largest absolute Gasteiger partial charge is 0.444 e. The summed E-state index contributed by atoms with van der Waals surface area (Å²) >= 11 is 0. The van der Waals surface area contributed by atoms with Gasteiger partial charge in [0.25, 0.3) is 0 Å². The van der Waals surface area contributed by atoms with Crippen LogP contribution in [0.3, 0.4) is 0 Å². The summed E-state index contributed by atoms with van der Waals surface area (Å²) in [6.07, 6.45) is 1.27. The maximum Gasteiger partial charge on any atom is 0.410 e. The highest BCUT2D eigenvalue weighted by Crippen LogP contribution is 2.13. The molecule has 0 saturated carbocycles. The van der Waals surface area contributed by atoms with Gasteiger partial charge in [-0.15, -0.1) is 0 Å². The van der Waals surface area contributed by atoms with Crippen LogP contribution in [0.1, 0.15) is 27.7 Å². The molecule has 0 radical (unpaired) electrons. The Kier molecular flexibility index (Phi) is 4.60. The number of carbonyl (C=O) groups excluding carboxylic acids is 1. The Morgan fingerprint density at radius 1 is 1.22 bits per heavy atom. The number of rotatable bonds is 1. The van der Waals surface area contributed by atoms with Gasteiger partial charge in [0.05, 0.1) is 6.07 Å². The van der Waals surface area contributed by atoms with Crippen LogP contribution in [0.2, 0.25) is 0 Å². The lowest BCUT2D eigenvalue weighted by Gasteiger charge is -2.36. The van der Waals surface area contributed by atoms with Gasteiger partial charge in [-0.3, -0.25) is 0 Å². The molecule has 0 unspecified atom stereocenters. The van der Waals surface area contributed by atoms with E-state index >= 15 is 0 Å². The van der Waals surface area contributed by atoms with Crippen molar-refractivity contribution in [1.82, 2.24) is 9.80 Å². The number of carbonyl (C=O) groups is 1. The molecule has 0 spiro atoms. The number of nitriles is 1. The molecule has 0 atom stereocenters. The van der Waals surface area contributed by atoms with Crippen LogP contribution >= 0.6 is 0 Å². The number of amides is 1. The molecule has 1 saturated heterocycles. The molecule has 0 aromatic carbocycles. The van der Waals surface area contributed by atoms with E-state index in [2.05, 4.69) is 4.90 Å². The summed E-state index contributed by atoms with van der Waals surface area (Å²) in [5.74, 6) is 0. The van der Waals surface area contributed by atoms with Gasteiger partial charge >= 0.3 is 6.09 Å². The van der Waals surface area contributed by atoms with Crippen molar-refractivity contribution in [2.24, 2.45) is 0 Å². The molecule has 1 aliphatic heterocycles. The molecule has 0 N–H and O–H groups in total. The Balaban J connectivity index is 2.47. The summed E-state index contributed by atoms with van der Waals surface area (Å²) in [5.41, 5.74) is 0.492. The average molecular weight is 251 g/mol. The van der Waals surface area contributed by atoms with E-state index < -0.39 is 5.60 Å². The van der Waals surface area contributed by atoms with Gasteiger partial charge < -0.3 is 14.5 Å². The van der Waals surface area contributed by atoms with Crippen molar-refractivity contribution in [3.05, 3.63) is 11.8 Å². The Hall–Kier alpha value is -1.70. The van der Waals surface area contributed by atoms with Crippen LogP contribution < -0.4 is 0 Å². The minimum absolute atomic E-state index is 0.260. The standard InChI is InChI=1S/C13H21N3O2/c1-11(5-6-14)15-7-9-16(10-8-15)12(17)18-13(2,3)4/h5H,7-10H2,1-4H3/b11-5-. The Morgan fingerprint density at radius 3 is 2.17 bits per heavy atom. The molecule has 18 heavy (non-hydrogen) atoms. The van der Waals surface area contributed by atoms with E-state index in [0.29, 0.717) is 13.1 Å². The van der Waals surface area contributed by atoms with E-state index in [9.17, 15) is 4.79 Å². The second kappa shape index (κ2) is 5.76. The first kappa shape index (κ1) is 14.4. The van der Waals surface area contributed by atoms with Gasteiger partial charge in [0.1, 0.15) is 5.60 Å². The molecule has 1 amide bonds. The van der Waals surface area contributed by atoms with Crippen molar-refractivity contribution in [2.75, 3.05) is 26.2 Å². The fraction of sp³-hybridized carbons (Fsp3) is 0.692. The molecule has 1 fully saturated rings. The van der Waals surface area contributed by atoms with Crippen LogP contribution in [0.25, 0.3) is 0 Å². The summed E-state index contributed by atoms with van der Waals surface area (Å²) in [6, 6.07) is 2.02. The normalized spacial score (nSPS) is 17.4. The van der Waals surface area contributed by atoms with Crippen LogP contribution in [-0.4, -0.2) is 47.7 Å². The number of piperazine rings is 1. The fourth-order valence-corrected chi connectivity index (χ4v) is 1.75. The molecule has 1 heterocycles. The van der Waals surface area contributed by atoms with E-state index in [1.807, 2.05) is 33.8 Å². The van der Waals surface area contributed by atoms with E-state index in [1.165, 1.54) is 6.08 Å². The van der Waals surface area contributed by atoms with Crippen LogP contribution in [0.15, 0.2) is 11.8 Å². The quantitative estimate of drug-likeness (QED) is 0.668. The molecular weight excluding hydrogens is 230 g/mol. The lowest BCUT2D eigenvalue weighted by atomic mass is 10.2. The Bertz CT molecular complexity index is 369. The van der Waals surface area contributed by atoms with Gasteiger partial charge in [-0.1, -0.05) is 0 Å². The number of allylic oxidation sites excluding steroid dienone is 2. The van der Waals surface area contributed by atoms with Gasteiger partial charge in [0.15, 0.2) is 0 Å². The van der Waals surface area contributed by atoms with Crippen LogP contribution in [-0.2, 0) is 4.74 Å². The van der Waals surface area contributed by atoms with Gasteiger partial charge in [-0.2, -0.15) is 5.26 Å².